The van der Waals surface area contributed by atoms with Gasteiger partial charge >= 0.3 is 0 Å². The summed E-state index contributed by atoms with van der Waals surface area (Å²) in [5, 5.41) is 10.5. The summed E-state index contributed by atoms with van der Waals surface area (Å²) >= 11 is 0. The first-order valence-electron chi connectivity index (χ1n) is 22.3. The van der Waals surface area contributed by atoms with Crippen LogP contribution in [0.2, 0.25) is 0 Å². The summed E-state index contributed by atoms with van der Waals surface area (Å²) in [4.78, 5) is 40.2. The first-order valence-corrected chi connectivity index (χ1v) is 22.3. The van der Waals surface area contributed by atoms with Crippen LogP contribution in [0.5, 0.6) is 0 Å². The molecule has 0 fully saturated rings. The quantitative estimate of drug-likeness (QED) is 0.126. The monoisotopic (exact) mass is 824 g/mol. The minimum Gasteiger partial charge on any atom is -0.354 e. The lowest BCUT2D eigenvalue weighted by atomic mass is 9.95. The Bertz CT molecular complexity index is 3200. The average Bonchev–Trinajstić information content (AvgIpc) is 4.00. The molecule has 0 aliphatic rings. The van der Waals surface area contributed by atoms with Crippen molar-refractivity contribution in [2.75, 3.05) is 0 Å². The van der Waals surface area contributed by atoms with Gasteiger partial charge in [-0.25, -0.2) is 0 Å². The van der Waals surface area contributed by atoms with E-state index in [1.54, 1.807) is 0 Å². The molecule has 6 aromatic carbocycles. The van der Waals surface area contributed by atoms with Crippen LogP contribution in [0.3, 0.4) is 0 Å². The first kappa shape index (κ1) is 43.6. The van der Waals surface area contributed by atoms with Crippen LogP contribution < -0.4 is 0 Å². The number of carbonyl (C=O) groups is 3. The van der Waals surface area contributed by atoms with Gasteiger partial charge in [0.25, 0.3) is 0 Å². The third-order valence-electron chi connectivity index (χ3n) is 11.3. The van der Waals surface area contributed by atoms with Crippen LogP contribution in [0.1, 0.15) is 105 Å². The van der Waals surface area contributed by atoms with Crippen LogP contribution in [0.15, 0.2) is 103 Å². The molecular formula is C55H60N4O3. The van der Waals surface area contributed by atoms with Gasteiger partial charge in [-0.3, -0.25) is 0 Å². The maximum absolute atomic E-state index is 9.44. The van der Waals surface area contributed by atoms with Gasteiger partial charge in [0, 0.05) is 59.6 Å². The molecule has 0 spiro atoms. The summed E-state index contributed by atoms with van der Waals surface area (Å²) < 4.78 is 2.62. The van der Waals surface area contributed by atoms with Gasteiger partial charge in [0.1, 0.15) is 17.3 Å². The van der Waals surface area contributed by atoms with E-state index in [0.29, 0.717) is 0 Å². The SMILES string of the molecule is CC(C)=O.CC(C)=O.CC(C)=O.CCCCCc1c2[nH]c3ccccc3c2c(-n2c3ccccc3c3c(CCCCC)c4[nH]c5ccccc5c4cc32)c2[nH]c3ccccc3c12. The zero-order valence-electron chi connectivity index (χ0n) is 37.6. The second kappa shape index (κ2) is 19.1. The van der Waals surface area contributed by atoms with Crippen LogP contribution in [-0.2, 0) is 27.2 Å². The van der Waals surface area contributed by atoms with Crippen molar-refractivity contribution in [1.29, 1.82) is 0 Å². The number of H-pyrrole nitrogens is 3. The number of ketones is 3. The first-order chi connectivity index (χ1) is 30.0. The van der Waals surface area contributed by atoms with E-state index in [-0.39, 0.29) is 17.3 Å². The van der Waals surface area contributed by atoms with E-state index < -0.39 is 0 Å². The number of rotatable bonds is 9. The largest absolute Gasteiger partial charge is 0.354 e. The average molecular weight is 825 g/mol. The molecule has 0 aliphatic carbocycles. The number of hydrogen-bond donors (Lipinski definition) is 3. The Hall–Kier alpha value is -6.47. The molecule has 7 nitrogen and oxygen atoms in total. The summed E-state index contributed by atoms with van der Waals surface area (Å²) in [5.74, 6) is 0.500. The maximum atomic E-state index is 9.44. The Morgan fingerprint density at radius 2 is 0.855 bits per heavy atom. The number of nitrogens with one attached hydrogen (secondary N) is 3. The normalized spacial score (nSPS) is 11.3. The zero-order valence-corrected chi connectivity index (χ0v) is 37.6. The smallest absolute Gasteiger partial charge is 0.126 e. The second-order valence-electron chi connectivity index (χ2n) is 17.0. The molecule has 4 heterocycles. The third kappa shape index (κ3) is 8.54. The molecule has 0 bridgehead atoms. The van der Waals surface area contributed by atoms with Crippen molar-refractivity contribution < 1.29 is 14.4 Å². The van der Waals surface area contributed by atoms with Gasteiger partial charge in [0.05, 0.1) is 33.3 Å². The van der Waals surface area contributed by atoms with Crippen molar-refractivity contribution in [2.45, 2.75) is 107 Å². The van der Waals surface area contributed by atoms with Crippen molar-refractivity contribution in [1.82, 2.24) is 19.5 Å². The van der Waals surface area contributed by atoms with Crippen molar-refractivity contribution >= 4 is 105 Å². The van der Waals surface area contributed by atoms with Crippen LogP contribution >= 0.6 is 0 Å². The molecule has 10 aromatic rings. The molecule has 10 rings (SSSR count). The molecule has 7 heteroatoms. The molecule has 0 saturated carbocycles. The number of unbranched alkanes of at least 4 members (excludes halogenated alkanes) is 4. The van der Waals surface area contributed by atoms with Gasteiger partial charge in [-0.2, -0.15) is 0 Å². The summed E-state index contributed by atoms with van der Waals surface area (Å²) in [6.45, 7) is 13.8. The van der Waals surface area contributed by atoms with Gasteiger partial charge < -0.3 is 33.9 Å². The lowest BCUT2D eigenvalue weighted by Gasteiger charge is -2.16. The van der Waals surface area contributed by atoms with E-state index in [1.807, 2.05) is 0 Å². The number of aryl methyl sites for hydroxylation is 2. The fourth-order valence-electron chi connectivity index (χ4n) is 9.09. The number of aromatic nitrogens is 4. The van der Waals surface area contributed by atoms with Gasteiger partial charge in [0.2, 0.25) is 0 Å². The van der Waals surface area contributed by atoms with Crippen molar-refractivity contribution in [3.8, 4) is 5.69 Å². The van der Waals surface area contributed by atoms with Crippen LogP contribution in [-0.4, -0.2) is 36.9 Å². The van der Waals surface area contributed by atoms with Gasteiger partial charge in [0.15, 0.2) is 0 Å². The third-order valence-corrected chi connectivity index (χ3v) is 11.3. The van der Waals surface area contributed by atoms with Gasteiger partial charge in [-0.15, -0.1) is 0 Å². The highest BCUT2D eigenvalue weighted by atomic mass is 16.1. The van der Waals surface area contributed by atoms with E-state index in [4.69, 9.17) is 0 Å². The minimum atomic E-state index is 0.167. The molecule has 3 N–H and O–H groups in total. The van der Waals surface area contributed by atoms with E-state index >= 15 is 0 Å². The highest BCUT2D eigenvalue weighted by molar-refractivity contribution is 6.27. The van der Waals surface area contributed by atoms with E-state index in [1.165, 1.54) is 184 Å². The Labute approximate surface area is 363 Å². The molecule has 318 valence electrons. The summed E-state index contributed by atoms with van der Waals surface area (Å²) in [7, 11) is 0. The molecular weight excluding hydrogens is 765 g/mol. The van der Waals surface area contributed by atoms with E-state index in [9.17, 15) is 14.4 Å². The maximum Gasteiger partial charge on any atom is 0.126 e. The van der Waals surface area contributed by atoms with Crippen LogP contribution in [0, 0.1) is 0 Å². The highest BCUT2D eigenvalue weighted by Crippen LogP contribution is 2.47. The number of aromatic amines is 3. The summed E-state index contributed by atoms with van der Waals surface area (Å²) in [6, 6.07) is 38.2. The molecule has 0 radical (unpaired) electrons. The number of hydrogen-bond acceptors (Lipinski definition) is 3. The number of nitrogens with zero attached hydrogens (tertiary/aromatic N) is 1. The van der Waals surface area contributed by atoms with E-state index in [0.717, 1.165) is 12.8 Å². The standard InChI is InChI=1S/C46H42N4.3C3H6O/c1-3-5-7-21-32-40-31-20-12-16-26-38(31)50(39(40)27-34-28-17-9-13-23-35(28)47-43(32)34)46-42-30-19-11-15-25-37(30)48-44(42)33(22-8-6-4-2)41-29-18-10-14-24-36(29)49-45(41)46;3*1-3(2)4/h9-20,23-27,47-49H,3-8,21-22H2,1-2H3;3*1-2H3. The Kier molecular flexibility index (Phi) is 13.4. The number of benzene rings is 6. The Morgan fingerprint density at radius 1 is 0.435 bits per heavy atom. The van der Waals surface area contributed by atoms with E-state index in [2.05, 4.69) is 136 Å². The Balaban J connectivity index is 0.000000431. The number of carbonyl (C=O) groups excluding carboxylic acids is 3. The zero-order chi connectivity index (χ0) is 44.1. The minimum absolute atomic E-state index is 0.167. The topological polar surface area (TPSA) is 104 Å². The van der Waals surface area contributed by atoms with Gasteiger partial charge in [-0.05, 0) is 109 Å². The predicted octanol–water partition coefficient (Wildman–Crippen LogP) is 14.9. The molecule has 0 aliphatic heterocycles. The lowest BCUT2D eigenvalue weighted by molar-refractivity contribution is -0.115. The number of fused-ring (bicyclic) bond motifs is 12. The highest BCUT2D eigenvalue weighted by Gasteiger charge is 2.27. The second-order valence-corrected chi connectivity index (χ2v) is 17.0. The molecule has 4 aromatic heterocycles. The van der Waals surface area contributed by atoms with Crippen LogP contribution in [0.4, 0.5) is 0 Å². The fourth-order valence-corrected chi connectivity index (χ4v) is 9.09. The fraction of sp³-hybridized carbons (Fsp3) is 0.291. The van der Waals surface area contributed by atoms with Gasteiger partial charge in [-0.1, -0.05) is 112 Å². The Morgan fingerprint density at radius 3 is 1.40 bits per heavy atom. The molecule has 0 amide bonds. The van der Waals surface area contributed by atoms with Crippen molar-refractivity contribution in [3.63, 3.8) is 0 Å². The molecule has 0 unspecified atom stereocenters. The summed E-state index contributed by atoms with van der Waals surface area (Å²) in [5.41, 5.74) is 14.0. The lowest BCUT2D eigenvalue weighted by Crippen LogP contribution is -2.00. The number of Topliss-reactive ketones (excluding diaryl/α,β-unsaturated/α-hetero) is 3. The van der Waals surface area contributed by atoms with Crippen LogP contribution in [0.25, 0.3) is 92.9 Å². The molecule has 0 atom stereocenters. The predicted molar refractivity (Wildman–Crippen MR) is 264 cm³/mol. The molecule has 62 heavy (non-hydrogen) atoms. The number of para-hydroxylation sites is 4. The molecule has 0 saturated heterocycles. The van der Waals surface area contributed by atoms with Crippen molar-refractivity contribution in [3.05, 3.63) is 114 Å². The summed E-state index contributed by atoms with van der Waals surface area (Å²) in [6.07, 6.45) is 9.28. The van der Waals surface area contributed by atoms with Crippen molar-refractivity contribution in [2.24, 2.45) is 0 Å².